The van der Waals surface area contributed by atoms with Crippen molar-refractivity contribution >= 4 is 17.7 Å². The van der Waals surface area contributed by atoms with Crippen LogP contribution in [-0.2, 0) is 4.79 Å². The van der Waals surface area contributed by atoms with Crippen LogP contribution in [0.4, 0.5) is 0 Å². The fourth-order valence-electron chi connectivity index (χ4n) is 3.86. The van der Waals surface area contributed by atoms with E-state index in [0.717, 1.165) is 16.8 Å². The van der Waals surface area contributed by atoms with Gasteiger partial charge < -0.3 is 9.64 Å². The van der Waals surface area contributed by atoms with E-state index in [4.69, 9.17) is 4.74 Å². The molecule has 1 amide bonds. The summed E-state index contributed by atoms with van der Waals surface area (Å²) in [6, 6.07) is 27.5. The summed E-state index contributed by atoms with van der Waals surface area (Å²) in [7, 11) is 1.64. The Morgan fingerprint density at radius 2 is 1.53 bits per heavy atom. The number of methoxy groups -OCH3 is 1. The summed E-state index contributed by atoms with van der Waals surface area (Å²) in [4.78, 5) is 15.4. The van der Waals surface area contributed by atoms with Crippen molar-refractivity contribution in [2.75, 3.05) is 20.2 Å². The maximum absolute atomic E-state index is 13.6. The van der Waals surface area contributed by atoms with Crippen molar-refractivity contribution in [2.45, 2.75) is 24.3 Å². The van der Waals surface area contributed by atoms with Crippen molar-refractivity contribution in [2.24, 2.45) is 0 Å². The summed E-state index contributed by atoms with van der Waals surface area (Å²) in [5.74, 6) is 1.43. The Kier molecular flexibility index (Phi) is 7.65. The van der Waals surface area contributed by atoms with E-state index >= 15 is 0 Å². The summed E-state index contributed by atoms with van der Waals surface area (Å²) in [6.45, 7) is 5.30. The molecule has 4 aromatic rings. The molecule has 3 aromatic carbocycles. The molecule has 1 atom stereocenters. The first-order valence-electron chi connectivity index (χ1n) is 11.3. The number of aromatic nitrogens is 3. The quantitative estimate of drug-likeness (QED) is 0.295. The van der Waals surface area contributed by atoms with Crippen LogP contribution in [0.15, 0.2) is 90.1 Å². The van der Waals surface area contributed by atoms with Gasteiger partial charge in [0.05, 0.1) is 12.7 Å². The van der Waals surface area contributed by atoms with Gasteiger partial charge in [0.15, 0.2) is 11.0 Å². The zero-order chi connectivity index (χ0) is 23.9. The first kappa shape index (κ1) is 23.6. The minimum Gasteiger partial charge on any atom is -0.496 e. The predicted molar refractivity (Wildman–Crippen MR) is 136 cm³/mol. The zero-order valence-corrected chi connectivity index (χ0v) is 20.4. The number of benzene rings is 3. The molecular weight excluding hydrogens is 444 g/mol. The van der Waals surface area contributed by atoms with E-state index in [1.54, 1.807) is 7.11 Å². The van der Waals surface area contributed by atoms with Crippen LogP contribution in [0.3, 0.4) is 0 Å². The fraction of sp³-hybridized carbons (Fsp3) is 0.222. The molecule has 0 unspecified atom stereocenters. The van der Waals surface area contributed by atoms with E-state index < -0.39 is 5.25 Å². The molecule has 0 aliphatic carbocycles. The SMILES string of the molecule is CCN(CC)C(=O)[C@H](Sc1nnc(-c2ccccc2OC)n1-c1ccccc1)c1ccccc1. The van der Waals surface area contributed by atoms with Crippen molar-refractivity contribution in [1.29, 1.82) is 0 Å². The molecule has 0 saturated heterocycles. The standard InChI is InChI=1S/C27H28N4O2S/c1-4-30(5-2)26(32)24(20-14-8-6-9-15-20)34-27-29-28-25(22-18-12-13-19-23(22)33-3)31(27)21-16-10-7-11-17-21/h6-19,24H,4-5H2,1-3H3/t24-/m1/s1. The van der Waals surface area contributed by atoms with Crippen LogP contribution in [0.2, 0.25) is 0 Å². The Labute approximate surface area is 204 Å². The van der Waals surface area contributed by atoms with Gasteiger partial charge in [-0.15, -0.1) is 10.2 Å². The second kappa shape index (κ2) is 11.0. The van der Waals surface area contributed by atoms with Gasteiger partial charge >= 0.3 is 0 Å². The molecule has 1 aromatic heterocycles. The molecule has 7 heteroatoms. The van der Waals surface area contributed by atoms with E-state index in [2.05, 4.69) is 10.2 Å². The van der Waals surface area contributed by atoms with Crippen LogP contribution >= 0.6 is 11.8 Å². The van der Waals surface area contributed by atoms with Gasteiger partial charge in [-0.05, 0) is 43.7 Å². The number of ether oxygens (including phenoxy) is 1. The maximum atomic E-state index is 13.6. The van der Waals surface area contributed by atoms with E-state index in [9.17, 15) is 4.79 Å². The van der Waals surface area contributed by atoms with Gasteiger partial charge in [-0.3, -0.25) is 9.36 Å². The van der Waals surface area contributed by atoms with Crippen molar-refractivity contribution in [3.63, 3.8) is 0 Å². The highest BCUT2D eigenvalue weighted by atomic mass is 32.2. The van der Waals surface area contributed by atoms with Crippen LogP contribution in [-0.4, -0.2) is 45.8 Å². The van der Waals surface area contributed by atoms with Crippen molar-refractivity contribution in [1.82, 2.24) is 19.7 Å². The number of hydrogen-bond donors (Lipinski definition) is 0. The predicted octanol–water partition coefficient (Wildman–Crippen LogP) is 5.64. The Hall–Kier alpha value is -3.58. The van der Waals surface area contributed by atoms with Crippen LogP contribution in [0, 0.1) is 0 Å². The molecule has 0 saturated carbocycles. The number of thioether (sulfide) groups is 1. The van der Waals surface area contributed by atoms with Crippen molar-refractivity contribution in [3.05, 3.63) is 90.5 Å². The third kappa shape index (κ3) is 4.84. The van der Waals surface area contributed by atoms with Gasteiger partial charge in [0.2, 0.25) is 5.91 Å². The largest absolute Gasteiger partial charge is 0.496 e. The molecular formula is C27H28N4O2S. The second-order valence-corrected chi connectivity index (χ2v) is 8.67. The number of nitrogens with zero attached hydrogens (tertiary/aromatic N) is 4. The van der Waals surface area contributed by atoms with Gasteiger partial charge in [0.1, 0.15) is 11.0 Å². The summed E-state index contributed by atoms with van der Waals surface area (Å²) >= 11 is 1.42. The van der Waals surface area contributed by atoms with Gasteiger partial charge in [0, 0.05) is 18.8 Å². The van der Waals surface area contributed by atoms with Gasteiger partial charge in [-0.2, -0.15) is 0 Å². The molecule has 6 nitrogen and oxygen atoms in total. The van der Waals surface area contributed by atoms with Crippen LogP contribution in [0.25, 0.3) is 17.1 Å². The van der Waals surface area contributed by atoms with Gasteiger partial charge in [-0.25, -0.2) is 0 Å². The number of rotatable bonds is 9. The molecule has 34 heavy (non-hydrogen) atoms. The molecule has 0 aliphatic heterocycles. The summed E-state index contributed by atoms with van der Waals surface area (Å²) < 4.78 is 7.59. The highest BCUT2D eigenvalue weighted by Gasteiger charge is 2.29. The minimum absolute atomic E-state index is 0.0580. The van der Waals surface area contributed by atoms with E-state index in [-0.39, 0.29) is 5.91 Å². The lowest BCUT2D eigenvalue weighted by Gasteiger charge is -2.25. The molecule has 0 N–H and O–H groups in total. The first-order chi connectivity index (χ1) is 16.7. The van der Waals surface area contributed by atoms with Gasteiger partial charge in [0.25, 0.3) is 0 Å². The highest BCUT2D eigenvalue weighted by molar-refractivity contribution is 8.00. The minimum atomic E-state index is -0.446. The Bertz CT molecular complexity index is 1220. The first-order valence-corrected chi connectivity index (χ1v) is 12.2. The smallest absolute Gasteiger partial charge is 0.240 e. The van der Waals surface area contributed by atoms with Crippen LogP contribution < -0.4 is 4.74 Å². The summed E-state index contributed by atoms with van der Waals surface area (Å²) in [5.41, 5.74) is 2.68. The lowest BCUT2D eigenvalue weighted by Crippen LogP contribution is -2.34. The average Bonchev–Trinajstić information content (AvgIpc) is 3.32. The Morgan fingerprint density at radius 1 is 0.912 bits per heavy atom. The second-order valence-electron chi connectivity index (χ2n) is 7.60. The zero-order valence-electron chi connectivity index (χ0n) is 19.6. The summed E-state index contributed by atoms with van der Waals surface area (Å²) in [5, 5.41) is 9.30. The topological polar surface area (TPSA) is 60.3 Å². The summed E-state index contributed by atoms with van der Waals surface area (Å²) in [6.07, 6.45) is 0. The third-order valence-electron chi connectivity index (χ3n) is 5.62. The number of para-hydroxylation sites is 2. The van der Waals surface area contributed by atoms with Crippen molar-refractivity contribution < 1.29 is 9.53 Å². The van der Waals surface area contributed by atoms with E-state index in [1.807, 2.05) is 108 Å². The molecule has 0 aliphatic rings. The molecule has 0 radical (unpaired) electrons. The van der Waals surface area contributed by atoms with E-state index in [0.29, 0.717) is 29.8 Å². The lowest BCUT2D eigenvalue weighted by molar-refractivity contribution is -0.130. The fourth-order valence-corrected chi connectivity index (χ4v) is 4.99. The molecule has 0 fully saturated rings. The van der Waals surface area contributed by atoms with E-state index in [1.165, 1.54) is 11.8 Å². The highest BCUT2D eigenvalue weighted by Crippen LogP contribution is 2.39. The monoisotopic (exact) mass is 472 g/mol. The molecule has 0 spiro atoms. The maximum Gasteiger partial charge on any atom is 0.240 e. The Balaban J connectivity index is 1.84. The average molecular weight is 473 g/mol. The molecule has 4 rings (SSSR count). The number of likely N-dealkylation sites (N-methyl/N-ethyl adjacent to an activating group) is 1. The Morgan fingerprint density at radius 3 is 2.18 bits per heavy atom. The number of carbonyl (C=O) groups excluding carboxylic acids is 1. The van der Waals surface area contributed by atoms with Crippen molar-refractivity contribution in [3.8, 4) is 22.8 Å². The third-order valence-corrected chi connectivity index (χ3v) is 6.81. The number of amides is 1. The van der Waals surface area contributed by atoms with Gasteiger partial charge in [-0.1, -0.05) is 72.4 Å². The number of carbonyl (C=O) groups is 1. The normalized spacial score (nSPS) is 11.7. The molecule has 174 valence electrons. The van der Waals surface area contributed by atoms with Crippen LogP contribution in [0.5, 0.6) is 5.75 Å². The molecule has 1 heterocycles. The lowest BCUT2D eigenvalue weighted by atomic mass is 10.1. The van der Waals surface area contributed by atoms with Crippen LogP contribution in [0.1, 0.15) is 24.7 Å². The number of hydrogen-bond acceptors (Lipinski definition) is 5. The molecule has 0 bridgehead atoms.